The van der Waals surface area contributed by atoms with Gasteiger partial charge in [0.25, 0.3) is 5.91 Å². The molecule has 0 aliphatic rings. The van der Waals surface area contributed by atoms with Crippen LogP contribution in [-0.4, -0.2) is 23.9 Å². The van der Waals surface area contributed by atoms with Crippen LogP contribution < -0.4 is 21.5 Å². The van der Waals surface area contributed by atoms with Crippen LogP contribution in [-0.2, 0) is 6.18 Å². The molecule has 0 saturated carbocycles. The maximum absolute atomic E-state index is 13.5. The molecule has 7 nitrogen and oxygen atoms in total. The smallest absolute Gasteiger partial charge is 0.417 e. The molecule has 2 aromatic carbocycles. The molecule has 0 bridgehead atoms. The number of carbonyl (C=O) groups excluding carboxylic acids is 1. The minimum Gasteiger partial charge on any atom is -0.457 e. The fourth-order valence-electron chi connectivity index (χ4n) is 2.54. The molecule has 3 rings (SSSR count). The third kappa shape index (κ3) is 4.00. The molecule has 0 atom stereocenters. The first-order chi connectivity index (χ1) is 13.2. The molecule has 3 aromatic rings. The molecule has 146 valence electrons. The minimum absolute atomic E-state index is 0.0481. The van der Waals surface area contributed by atoms with E-state index in [1.165, 1.54) is 25.2 Å². The summed E-state index contributed by atoms with van der Waals surface area (Å²) in [5.74, 6) is -0.605. The number of nitrogens with two attached hydrogens (primary N) is 2. The Labute approximate surface area is 157 Å². The molecule has 0 unspecified atom stereocenters. The number of hydrogen-bond donors (Lipinski definition) is 4. The third-order valence-corrected chi connectivity index (χ3v) is 3.86. The molecule has 0 aliphatic heterocycles. The number of carbonyl (C=O) groups is 1. The number of nitrogen functional groups attached to an aromatic ring is 1. The topological polar surface area (TPSA) is 119 Å². The van der Waals surface area contributed by atoms with Crippen LogP contribution in [0, 0.1) is 0 Å². The number of nitrogens with one attached hydrogen (secondary N) is 2. The fraction of sp³-hybridized carbons (Fsp3) is 0.111. The molecule has 1 aromatic heterocycles. The van der Waals surface area contributed by atoms with Gasteiger partial charge in [-0.3, -0.25) is 15.1 Å². The van der Waals surface area contributed by atoms with Crippen LogP contribution in [0.1, 0.15) is 16.1 Å². The largest absolute Gasteiger partial charge is 0.457 e. The van der Waals surface area contributed by atoms with Gasteiger partial charge in [-0.05, 0) is 36.4 Å². The van der Waals surface area contributed by atoms with E-state index in [1.807, 2.05) is 0 Å². The minimum atomic E-state index is -4.65. The first-order valence-corrected chi connectivity index (χ1v) is 7.98. The second-order valence-electron chi connectivity index (χ2n) is 5.85. The number of aromatic nitrogens is 1. The molecule has 10 heteroatoms. The Balaban J connectivity index is 2.05. The van der Waals surface area contributed by atoms with E-state index in [9.17, 15) is 18.0 Å². The van der Waals surface area contributed by atoms with Gasteiger partial charge >= 0.3 is 6.18 Å². The van der Waals surface area contributed by atoms with E-state index in [0.717, 1.165) is 12.1 Å². The number of ether oxygens (including phenoxy) is 1. The zero-order chi connectivity index (χ0) is 20.5. The third-order valence-electron chi connectivity index (χ3n) is 3.86. The number of alkyl halides is 3. The Morgan fingerprint density at radius 2 is 1.82 bits per heavy atom. The van der Waals surface area contributed by atoms with Crippen LogP contribution in [0.5, 0.6) is 11.5 Å². The van der Waals surface area contributed by atoms with Crippen molar-refractivity contribution in [1.29, 1.82) is 0 Å². The molecular formula is C18H16F3N5O2. The van der Waals surface area contributed by atoms with Gasteiger partial charge in [0.2, 0.25) is 0 Å². The molecule has 0 spiro atoms. The number of benzene rings is 2. The van der Waals surface area contributed by atoms with Crippen molar-refractivity contribution in [3.05, 3.63) is 53.7 Å². The van der Waals surface area contributed by atoms with Gasteiger partial charge in [0, 0.05) is 24.2 Å². The van der Waals surface area contributed by atoms with Crippen LogP contribution in [0.4, 0.5) is 18.9 Å². The van der Waals surface area contributed by atoms with E-state index in [0.29, 0.717) is 11.4 Å². The number of guanidine groups is 1. The SMILES string of the molecule is CN=C(N)NC(=O)c1cc2c(C(F)(F)F)cc(Oc3ccc(N)cc3)cc2[nH]1. The zero-order valence-electron chi connectivity index (χ0n) is 14.6. The highest BCUT2D eigenvalue weighted by molar-refractivity contribution is 6.07. The number of amides is 1. The van der Waals surface area contributed by atoms with Crippen molar-refractivity contribution in [1.82, 2.24) is 10.3 Å². The van der Waals surface area contributed by atoms with Crippen molar-refractivity contribution in [3.8, 4) is 11.5 Å². The maximum atomic E-state index is 13.5. The zero-order valence-corrected chi connectivity index (χ0v) is 14.6. The fourth-order valence-corrected chi connectivity index (χ4v) is 2.54. The monoisotopic (exact) mass is 391 g/mol. The van der Waals surface area contributed by atoms with Gasteiger partial charge in [0.05, 0.1) is 11.1 Å². The molecule has 0 saturated heterocycles. The van der Waals surface area contributed by atoms with Crippen LogP contribution in [0.15, 0.2) is 47.5 Å². The summed E-state index contributed by atoms with van der Waals surface area (Å²) < 4.78 is 46.1. The molecule has 6 N–H and O–H groups in total. The van der Waals surface area contributed by atoms with E-state index in [1.54, 1.807) is 12.1 Å². The van der Waals surface area contributed by atoms with E-state index in [-0.39, 0.29) is 28.3 Å². The van der Waals surface area contributed by atoms with Crippen LogP contribution in [0.25, 0.3) is 10.9 Å². The molecular weight excluding hydrogens is 375 g/mol. The highest BCUT2D eigenvalue weighted by Gasteiger charge is 2.34. The van der Waals surface area contributed by atoms with Gasteiger partial charge in [-0.25, -0.2) is 0 Å². The summed E-state index contributed by atoms with van der Waals surface area (Å²) in [6, 6.07) is 9.54. The average molecular weight is 391 g/mol. The van der Waals surface area contributed by atoms with Crippen molar-refractivity contribution < 1.29 is 22.7 Å². The molecule has 28 heavy (non-hydrogen) atoms. The predicted octanol–water partition coefficient (Wildman–Crippen LogP) is 3.24. The number of halogens is 3. The second-order valence-corrected chi connectivity index (χ2v) is 5.85. The van der Waals surface area contributed by atoms with Gasteiger partial charge in [0.15, 0.2) is 5.96 Å². The Morgan fingerprint density at radius 3 is 2.43 bits per heavy atom. The van der Waals surface area contributed by atoms with Crippen molar-refractivity contribution in [2.45, 2.75) is 6.18 Å². The Bertz CT molecular complexity index is 1060. The van der Waals surface area contributed by atoms with Gasteiger partial charge in [-0.15, -0.1) is 0 Å². The van der Waals surface area contributed by atoms with Gasteiger partial charge < -0.3 is 21.2 Å². The number of anilines is 1. The lowest BCUT2D eigenvalue weighted by Crippen LogP contribution is -2.36. The number of fused-ring (bicyclic) bond motifs is 1. The highest BCUT2D eigenvalue weighted by Crippen LogP contribution is 2.39. The number of aliphatic imine (C=N–C) groups is 1. The first kappa shape index (κ1) is 19.1. The normalized spacial score (nSPS) is 12.2. The average Bonchev–Trinajstić information content (AvgIpc) is 3.06. The number of nitrogens with zero attached hydrogens (tertiary/aromatic N) is 1. The van der Waals surface area contributed by atoms with Crippen LogP contribution in [0.3, 0.4) is 0 Å². The molecule has 0 fully saturated rings. The Hall–Kier alpha value is -3.69. The quantitative estimate of drug-likeness (QED) is 0.311. The summed E-state index contributed by atoms with van der Waals surface area (Å²) in [4.78, 5) is 18.3. The van der Waals surface area contributed by atoms with Crippen LogP contribution >= 0.6 is 0 Å². The molecule has 1 heterocycles. The lowest BCUT2D eigenvalue weighted by molar-refractivity contribution is -0.136. The standard InChI is InChI=1S/C18H16F3N5O2/c1-24-17(23)26-16(27)15-8-12-13(18(19,20)21)6-11(7-14(12)25-15)28-10-4-2-9(22)3-5-10/h2-8,25H,22H2,1H3,(H3,23,24,26,27). The summed E-state index contributed by atoms with van der Waals surface area (Å²) in [7, 11) is 1.36. The molecule has 0 aliphatic carbocycles. The Morgan fingerprint density at radius 1 is 1.14 bits per heavy atom. The summed E-state index contributed by atoms with van der Waals surface area (Å²) in [5, 5.41) is 2.09. The van der Waals surface area contributed by atoms with E-state index in [2.05, 4.69) is 15.3 Å². The van der Waals surface area contributed by atoms with Gasteiger partial charge in [-0.2, -0.15) is 13.2 Å². The number of rotatable bonds is 3. The van der Waals surface area contributed by atoms with E-state index < -0.39 is 17.6 Å². The first-order valence-electron chi connectivity index (χ1n) is 7.98. The number of aromatic amines is 1. The number of hydrogen-bond acceptors (Lipinski definition) is 4. The second kappa shape index (κ2) is 7.14. The maximum Gasteiger partial charge on any atom is 0.417 e. The lowest BCUT2D eigenvalue weighted by atomic mass is 10.1. The predicted molar refractivity (Wildman–Crippen MR) is 99.2 cm³/mol. The summed E-state index contributed by atoms with van der Waals surface area (Å²) >= 11 is 0. The Kier molecular flexibility index (Phi) is 4.87. The molecule has 0 radical (unpaired) electrons. The van der Waals surface area contributed by atoms with Crippen molar-refractivity contribution in [3.63, 3.8) is 0 Å². The van der Waals surface area contributed by atoms with E-state index in [4.69, 9.17) is 16.2 Å². The van der Waals surface area contributed by atoms with Crippen molar-refractivity contribution >= 4 is 28.5 Å². The lowest BCUT2D eigenvalue weighted by Gasteiger charge is -2.12. The van der Waals surface area contributed by atoms with Gasteiger partial charge in [-0.1, -0.05) is 0 Å². The summed E-state index contributed by atoms with van der Waals surface area (Å²) in [5.41, 5.74) is 10.5. The summed E-state index contributed by atoms with van der Waals surface area (Å²) in [6.07, 6.45) is -4.65. The highest BCUT2D eigenvalue weighted by atomic mass is 19.4. The van der Waals surface area contributed by atoms with Crippen LogP contribution in [0.2, 0.25) is 0 Å². The van der Waals surface area contributed by atoms with Crippen molar-refractivity contribution in [2.75, 3.05) is 12.8 Å². The number of H-pyrrole nitrogens is 1. The molecule has 1 amide bonds. The van der Waals surface area contributed by atoms with Gasteiger partial charge in [0.1, 0.15) is 17.2 Å². The van der Waals surface area contributed by atoms with E-state index >= 15 is 0 Å². The summed E-state index contributed by atoms with van der Waals surface area (Å²) in [6.45, 7) is 0. The van der Waals surface area contributed by atoms with Crippen molar-refractivity contribution in [2.24, 2.45) is 10.7 Å².